The van der Waals surface area contributed by atoms with Crippen molar-refractivity contribution in [3.8, 4) is 0 Å². The summed E-state index contributed by atoms with van der Waals surface area (Å²) in [5.41, 5.74) is 4.76. The van der Waals surface area contributed by atoms with Crippen molar-refractivity contribution >= 4 is 15.9 Å². The SMILES string of the molecule is BrC(c1ccc2c(c1)CCCC2)C1CCCCC1. The molecule has 2 aliphatic rings. The first-order valence-corrected chi connectivity index (χ1v) is 8.52. The van der Waals surface area contributed by atoms with Gasteiger partial charge in [-0.15, -0.1) is 0 Å². The molecule has 2 aliphatic carbocycles. The summed E-state index contributed by atoms with van der Waals surface area (Å²) in [6.07, 6.45) is 12.5. The minimum Gasteiger partial charge on any atom is -0.0836 e. The van der Waals surface area contributed by atoms with E-state index in [2.05, 4.69) is 34.1 Å². The Kier molecular flexibility index (Phi) is 4.08. The van der Waals surface area contributed by atoms with E-state index in [1.807, 2.05) is 0 Å². The minimum absolute atomic E-state index is 0.588. The van der Waals surface area contributed by atoms with Crippen LogP contribution in [0.25, 0.3) is 0 Å². The molecule has 0 radical (unpaired) electrons. The highest BCUT2D eigenvalue weighted by Gasteiger charge is 2.23. The zero-order chi connectivity index (χ0) is 12.4. The number of hydrogen-bond acceptors (Lipinski definition) is 0. The van der Waals surface area contributed by atoms with Gasteiger partial charge in [-0.25, -0.2) is 0 Å². The number of benzene rings is 1. The molecule has 0 spiro atoms. The van der Waals surface area contributed by atoms with Gasteiger partial charge in [0.25, 0.3) is 0 Å². The molecule has 0 aromatic heterocycles. The molecule has 98 valence electrons. The van der Waals surface area contributed by atoms with Crippen LogP contribution < -0.4 is 0 Å². The average molecular weight is 307 g/mol. The van der Waals surface area contributed by atoms with Crippen LogP contribution >= 0.6 is 15.9 Å². The lowest BCUT2D eigenvalue weighted by atomic mass is 9.83. The second-order valence-corrected chi connectivity index (χ2v) is 7.02. The molecule has 0 amide bonds. The standard InChI is InChI=1S/C17H23Br/c18-17(14-7-2-1-3-8-14)16-11-10-13-6-4-5-9-15(13)12-16/h10-12,14,17H,1-9H2. The summed E-state index contributed by atoms with van der Waals surface area (Å²) in [6, 6.07) is 7.25. The van der Waals surface area contributed by atoms with Crippen LogP contribution in [0, 0.1) is 5.92 Å². The minimum atomic E-state index is 0.588. The van der Waals surface area contributed by atoms with Gasteiger partial charge in [-0.05, 0) is 61.1 Å². The second-order valence-electron chi connectivity index (χ2n) is 6.04. The van der Waals surface area contributed by atoms with Crippen molar-refractivity contribution in [1.82, 2.24) is 0 Å². The van der Waals surface area contributed by atoms with Gasteiger partial charge in [0.1, 0.15) is 0 Å². The molecule has 0 bridgehead atoms. The van der Waals surface area contributed by atoms with Crippen molar-refractivity contribution in [2.45, 2.75) is 62.6 Å². The molecule has 1 aromatic rings. The van der Waals surface area contributed by atoms with Crippen LogP contribution in [0.4, 0.5) is 0 Å². The third-order valence-corrected chi connectivity index (χ3v) is 6.03. The molecule has 0 N–H and O–H groups in total. The Labute approximate surface area is 119 Å². The highest BCUT2D eigenvalue weighted by molar-refractivity contribution is 9.09. The Hall–Kier alpha value is -0.300. The molecule has 1 fully saturated rings. The summed E-state index contributed by atoms with van der Waals surface area (Å²) in [4.78, 5) is 0.588. The smallest absolute Gasteiger partial charge is 0.0423 e. The van der Waals surface area contributed by atoms with E-state index in [1.54, 1.807) is 11.1 Å². The molecular weight excluding hydrogens is 284 g/mol. The van der Waals surface area contributed by atoms with Gasteiger partial charge >= 0.3 is 0 Å². The van der Waals surface area contributed by atoms with Gasteiger partial charge in [0.2, 0.25) is 0 Å². The number of halogens is 1. The number of aryl methyl sites for hydroxylation is 2. The van der Waals surface area contributed by atoms with Crippen molar-refractivity contribution in [2.24, 2.45) is 5.92 Å². The third-order valence-electron chi connectivity index (χ3n) is 4.75. The normalized spacial score (nSPS) is 22.5. The maximum absolute atomic E-state index is 3.98. The molecule has 0 aliphatic heterocycles. The first-order chi connectivity index (χ1) is 8.84. The van der Waals surface area contributed by atoms with Gasteiger partial charge in [-0.3, -0.25) is 0 Å². The largest absolute Gasteiger partial charge is 0.0836 e. The van der Waals surface area contributed by atoms with Gasteiger partial charge in [0.15, 0.2) is 0 Å². The maximum Gasteiger partial charge on any atom is 0.0423 e. The zero-order valence-electron chi connectivity index (χ0n) is 11.1. The Bertz CT molecular complexity index is 404. The quantitative estimate of drug-likeness (QED) is 0.626. The van der Waals surface area contributed by atoms with E-state index < -0.39 is 0 Å². The Balaban J connectivity index is 1.78. The van der Waals surface area contributed by atoms with E-state index in [1.165, 1.54) is 63.4 Å². The fourth-order valence-corrected chi connectivity index (χ4v) is 4.44. The van der Waals surface area contributed by atoms with Crippen LogP contribution in [0.1, 0.15) is 66.5 Å². The van der Waals surface area contributed by atoms with Crippen molar-refractivity contribution < 1.29 is 0 Å². The molecule has 0 heterocycles. The molecule has 1 unspecified atom stereocenters. The number of alkyl halides is 1. The topological polar surface area (TPSA) is 0 Å². The molecular formula is C17H23Br. The molecule has 1 atom stereocenters. The molecule has 3 rings (SSSR count). The van der Waals surface area contributed by atoms with Crippen LogP contribution in [0.2, 0.25) is 0 Å². The summed E-state index contributed by atoms with van der Waals surface area (Å²) in [6.45, 7) is 0. The molecule has 18 heavy (non-hydrogen) atoms. The van der Waals surface area contributed by atoms with E-state index in [0.717, 1.165) is 5.92 Å². The summed E-state index contributed by atoms with van der Waals surface area (Å²) >= 11 is 3.98. The van der Waals surface area contributed by atoms with Crippen LogP contribution in [0.5, 0.6) is 0 Å². The first kappa shape index (κ1) is 12.7. The molecule has 0 nitrogen and oxygen atoms in total. The van der Waals surface area contributed by atoms with Gasteiger partial charge in [-0.1, -0.05) is 53.4 Å². The number of rotatable bonds is 2. The Morgan fingerprint density at radius 1 is 0.889 bits per heavy atom. The predicted octanol–water partition coefficient (Wildman–Crippen LogP) is 5.58. The van der Waals surface area contributed by atoms with E-state index in [-0.39, 0.29) is 0 Å². The highest BCUT2D eigenvalue weighted by atomic mass is 79.9. The summed E-state index contributed by atoms with van der Waals surface area (Å²) in [7, 11) is 0. The van der Waals surface area contributed by atoms with Gasteiger partial charge in [0, 0.05) is 4.83 Å². The molecule has 1 heteroatoms. The van der Waals surface area contributed by atoms with E-state index in [4.69, 9.17) is 0 Å². The van der Waals surface area contributed by atoms with Crippen LogP contribution in [-0.2, 0) is 12.8 Å². The van der Waals surface area contributed by atoms with Gasteiger partial charge in [-0.2, -0.15) is 0 Å². The van der Waals surface area contributed by atoms with Crippen molar-refractivity contribution in [2.75, 3.05) is 0 Å². The maximum atomic E-state index is 3.98. The predicted molar refractivity (Wildman–Crippen MR) is 81.3 cm³/mol. The Morgan fingerprint density at radius 2 is 1.61 bits per heavy atom. The lowest BCUT2D eigenvalue weighted by molar-refractivity contribution is 0.354. The molecule has 0 saturated heterocycles. The third kappa shape index (κ3) is 2.66. The summed E-state index contributed by atoms with van der Waals surface area (Å²) in [5.74, 6) is 0.861. The van der Waals surface area contributed by atoms with Gasteiger partial charge in [0.05, 0.1) is 0 Å². The number of fused-ring (bicyclic) bond motifs is 1. The average Bonchev–Trinajstić information content (AvgIpc) is 2.47. The monoisotopic (exact) mass is 306 g/mol. The van der Waals surface area contributed by atoms with E-state index >= 15 is 0 Å². The summed E-state index contributed by atoms with van der Waals surface area (Å²) < 4.78 is 0. The lowest BCUT2D eigenvalue weighted by Gasteiger charge is -2.27. The lowest BCUT2D eigenvalue weighted by Crippen LogP contribution is -2.13. The molecule has 1 saturated carbocycles. The fourth-order valence-electron chi connectivity index (χ4n) is 3.62. The Morgan fingerprint density at radius 3 is 2.39 bits per heavy atom. The van der Waals surface area contributed by atoms with Crippen LogP contribution in [0.15, 0.2) is 18.2 Å². The number of hydrogen-bond donors (Lipinski definition) is 0. The zero-order valence-corrected chi connectivity index (χ0v) is 12.7. The van der Waals surface area contributed by atoms with E-state index in [0.29, 0.717) is 4.83 Å². The van der Waals surface area contributed by atoms with Crippen LogP contribution in [-0.4, -0.2) is 0 Å². The first-order valence-electron chi connectivity index (χ1n) is 7.60. The highest BCUT2D eigenvalue weighted by Crippen LogP contribution is 2.40. The summed E-state index contributed by atoms with van der Waals surface area (Å²) in [5, 5.41) is 0. The fraction of sp³-hybridized carbons (Fsp3) is 0.647. The van der Waals surface area contributed by atoms with Gasteiger partial charge < -0.3 is 0 Å². The second kappa shape index (κ2) is 5.77. The van der Waals surface area contributed by atoms with Crippen LogP contribution in [0.3, 0.4) is 0 Å². The van der Waals surface area contributed by atoms with Crippen molar-refractivity contribution in [3.05, 3.63) is 34.9 Å². The van der Waals surface area contributed by atoms with E-state index in [9.17, 15) is 0 Å². The van der Waals surface area contributed by atoms with Crippen molar-refractivity contribution in [1.29, 1.82) is 0 Å². The molecule has 1 aromatic carbocycles. The van der Waals surface area contributed by atoms with Crippen molar-refractivity contribution in [3.63, 3.8) is 0 Å².